The standard InChI is InChI=1S/C22H22F3N3O2/c23-15-6-7-19(24)18(9-15)14-8-17(13-29)27(12-14)22(30)28(16-4-2-1-3-5-16)21-11-26-10-20(21)25/h1-9,17,20-21,26,29H,10-13H2/t17-,20+,21-/m0/s1. The lowest BCUT2D eigenvalue weighted by atomic mass is 10.1. The minimum Gasteiger partial charge on any atom is -0.394 e. The van der Waals surface area contributed by atoms with Crippen molar-refractivity contribution in [2.45, 2.75) is 18.3 Å². The van der Waals surface area contributed by atoms with E-state index in [1.165, 1.54) is 9.80 Å². The lowest BCUT2D eigenvalue weighted by molar-refractivity contribution is 0.168. The maximum absolute atomic E-state index is 14.6. The molecule has 0 unspecified atom stereocenters. The van der Waals surface area contributed by atoms with Gasteiger partial charge in [-0.1, -0.05) is 24.3 Å². The number of rotatable bonds is 4. The quantitative estimate of drug-likeness (QED) is 0.804. The number of amides is 2. The molecule has 8 heteroatoms. The van der Waals surface area contributed by atoms with Crippen LogP contribution in [-0.4, -0.2) is 60.5 Å². The molecule has 2 aliphatic heterocycles. The number of hydrogen-bond acceptors (Lipinski definition) is 3. The van der Waals surface area contributed by atoms with Crippen LogP contribution in [0.1, 0.15) is 5.56 Å². The van der Waals surface area contributed by atoms with Gasteiger partial charge in [0.15, 0.2) is 0 Å². The highest BCUT2D eigenvalue weighted by Crippen LogP contribution is 2.31. The van der Waals surface area contributed by atoms with E-state index in [-0.39, 0.29) is 25.2 Å². The predicted molar refractivity (Wildman–Crippen MR) is 108 cm³/mol. The van der Waals surface area contributed by atoms with Crippen molar-refractivity contribution in [1.82, 2.24) is 10.2 Å². The number of carbonyl (C=O) groups excluding carboxylic acids is 1. The summed E-state index contributed by atoms with van der Waals surface area (Å²) in [6.07, 6.45) is 0.302. The maximum atomic E-state index is 14.6. The molecular formula is C22H22F3N3O2. The summed E-state index contributed by atoms with van der Waals surface area (Å²) in [7, 11) is 0. The van der Waals surface area contributed by atoms with Crippen LogP contribution >= 0.6 is 0 Å². The SMILES string of the molecule is O=C(N1CC(c2cc(F)ccc2F)=C[C@H]1CO)N(c1ccccc1)[C@H]1CNC[C@H]1F. The average Bonchev–Trinajstić information content (AvgIpc) is 3.37. The molecule has 0 aromatic heterocycles. The number of benzene rings is 2. The van der Waals surface area contributed by atoms with Crippen LogP contribution in [0.4, 0.5) is 23.7 Å². The van der Waals surface area contributed by atoms with E-state index in [1.807, 2.05) is 0 Å². The van der Waals surface area contributed by atoms with Gasteiger partial charge in [-0.25, -0.2) is 18.0 Å². The highest BCUT2D eigenvalue weighted by atomic mass is 19.1. The fourth-order valence-electron chi connectivity index (χ4n) is 4.01. The Morgan fingerprint density at radius 1 is 1.17 bits per heavy atom. The van der Waals surface area contributed by atoms with Crippen molar-refractivity contribution in [1.29, 1.82) is 0 Å². The zero-order chi connectivity index (χ0) is 21.3. The Morgan fingerprint density at radius 3 is 2.60 bits per heavy atom. The lowest BCUT2D eigenvalue weighted by Gasteiger charge is -2.35. The van der Waals surface area contributed by atoms with E-state index < -0.39 is 42.5 Å². The van der Waals surface area contributed by atoms with Gasteiger partial charge in [-0.2, -0.15) is 0 Å². The van der Waals surface area contributed by atoms with Gasteiger partial charge < -0.3 is 15.3 Å². The number of aliphatic hydroxyl groups excluding tert-OH is 1. The summed E-state index contributed by atoms with van der Waals surface area (Å²) >= 11 is 0. The molecule has 2 aliphatic rings. The number of halogens is 3. The van der Waals surface area contributed by atoms with E-state index in [9.17, 15) is 23.1 Å². The summed E-state index contributed by atoms with van der Waals surface area (Å²) in [6, 6.07) is 9.91. The Balaban J connectivity index is 1.66. The average molecular weight is 417 g/mol. The Labute approximate surface area is 172 Å². The van der Waals surface area contributed by atoms with E-state index in [4.69, 9.17) is 0 Å². The van der Waals surface area contributed by atoms with Crippen molar-refractivity contribution in [2.24, 2.45) is 0 Å². The molecule has 30 heavy (non-hydrogen) atoms. The summed E-state index contributed by atoms with van der Waals surface area (Å²) in [5, 5.41) is 12.8. The van der Waals surface area contributed by atoms with Gasteiger partial charge >= 0.3 is 6.03 Å². The largest absolute Gasteiger partial charge is 0.394 e. The molecule has 0 radical (unpaired) electrons. The molecule has 0 saturated carbocycles. The first-order chi connectivity index (χ1) is 14.5. The minimum absolute atomic E-state index is 0.0229. The van der Waals surface area contributed by atoms with Gasteiger partial charge in [0.2, 0.25) is 0 Å². The van der Waals surface area contributed by atoms with Crippen molar-refractivity contribution >= 4 is 17.3 Å². The fourth-order valence-corrected chi connectivity index (χ4v) is 4.01. The van der Waals surface area contributed by atoms with E-state index in [2.05, 4.69) is 5.32 Å². The van der Waals surface area contributed by atoms with Gasteiger partial charge in [-0.05, 0) is 35.9 Å². The molecular weight excluding hydrogens is 395 g/mol. The number of aliphatic hydroxyl groups is 1. The summed E-state index contributed by atoms with van der Waals surface area (Å²) in [4.78, 5) is 16.3. The van der Waals surface area contributed by atoms with Crippen LogP contribution < -0.4 is 10.2 Å². The molecule has 0 aliphatic carbocycles. The van der Waals surface area contributed by atoms with Crippen LogP contribution in [0, 0.1) is 11.6 Å². The van der Waals surface area contributed by atoms with Gasteiger partial charge in [0, 0.05) is 30.9 Å². The molecule has 2 heterocycles. The summed E-state index contributed by atoms with van der Waals surface area (Å²) < 4.78 is 42.5. The van der Waals surface area contributed by atoms with Crippen molar-refractivity contribution in [2.75, 3.05) is 31.1 Å². The number of hydrogen-bond donors (Lipinski definition) is 2. The Morgan fingerprint density at radius 2 is 1.93 bits per heavy atom. The summed E-state index contributed by atoms with van der Waals surface area (Å²) in [5.41, 5.74) is 0.968. The summed E-state index contributed by atoms with van der Waals surface area (Å²) in [5.74, 6) is -1.21. The lowest BCUT2D eigenvalue weighted by Crippen LogP contribution is -2.54. The second-order valence-corrected chi connectivity index (χ2v) is 7.42. The third-order valence-corrected chi connectivity index (χ3v) is 5.52. The highest BCUT2D eigenvalue weighted by molar-refractivity contribution is 5.95. The van der Waals surface area contributed by atoms with Crippen LogP contribution in [0.2, 0.25) is 0 Å². The minimum atomic E-state index is -1.25. The van der Waals surface area contributed by atoms with Crippen LogP contribution in [0.15, 0.2) is 54.6 Å². The first-order valence-electron chi connectivity index (χ1n) is 9.76. The topological polar surface area (TPSA) is 55.8 Å². The first-order valence-corrected chi connectivity index (χ1v) is 9.76. The maximum Gasteiger partial charge on any atom is 0.325 e. The van der Waals surface area contributed by atoms with Gasteiger partial charge in [0.25, 0.3) is 0 Å². The van der Waals surface area contributed by atoms with Crippen LogP contribution in [0.3, 0.4) is 0 Å². The Bertz CT molecular complexity index is 954. The normalized spacial score (nSPS) is 23.5. The second-order valence-electron chi connectivity index (χ2n) is 7.42. The van der Waals surface area contributed by atoms with Gasteiger partial charge in [-0.3, -0.25) is 4.90 Å². The van der Waals surface area contributed by atoms with Crippen molar-refractivity contribution in [3.63, 3.8) is 0 Å². The molecule has 158 valence electrons. The zero-order valence-corrected chi connectivity index (χ0v) is 16.1. The number of urea groups is 1. The number of alkyl halides is 1. The number of anilines is 1. The number of carbonyl (C=O) groups is 1. The Kier molecular flexibility index (Phi) is 5.78. The highest BCUT2D eigenvalue weighted by Gasteiger charge is 2.40. The molecule has 0 bridgehead atoms. The fraction of sp³-hybridized carbons (Fsp3) is 0.318. The number of nitrogens with one attached hydrogen (secondary N) is 1. The van der Waals surface area contributed by atoms with Gasteiger partial charge in [0.05, 0.1) is 18.7 Å². The van der Waals surface area contributed by atoms with E-state index in [0.29, 0.717) is 11.3 Å². The van der Waals surface area contributed by atoms with Crippen LogP contribution in [0.25, 0.3) is 5.57 Å². The molecule has 3 atom stereocenters. The van der Waals surface area contributed by atoms with Crippen molar-refractivity contribution in [3.8, 4) is 0 Å². The molecule has 5 nitrogen and oxygen atoms in total. The molecule has 2 aromatic rings. The first kappa shape index (κ1) is 20.4. The Hall–Kier alpha value is -2.84. The van der Waals surface area contributed by atoms with Crippen LogP contribution in [0.5, 0.6) is 0 Å². The number of nitrogens with zero attached hydrogens (tertiary/aromatic N) is 2. The van der Waals surface area contributed by atoms with Crippen LogP contribution in [-0.2, 0) is 0 Å². The molecule has 2 aromatic carbocycles. The summed E-state index contributed by atoms with van der Waals surface area (Å²) in [6.45, 7) is 0.0165. The third kappa shape index (κ3) is 3.80. The molecule has 0 spiro atoms. The van der Waals surface area contributed by atoms with E-state index in [0.717, 1.165) is 18.2 Å². The van der Waals surface area contributed by atoms with Crippen molar-refractivity contribution < 1.29 is 23.1 Å². The molecule has 4 rings (SSSR count). The molecule has 2 amide bonds. The van der Waals surface area contributed by atoms with Gasteiger partial charge in [0.1, 0.15) is 17.8 Å². The molecule has 1 fully saturated rings. The van der Waals surface area contributed by atoms with Gasteiger partial charge in [-0.15, -0.1) is 0 Å². The predicted octanol–water partition coefficient (Wildman–Crippen LogP) is 2.96. The van der Waals surface area contributed by atoms with E-state index in [1.54, 1.807) is 36.4 Å². The number of para-hydroxylation sites is 1. The zero-order valence-electron chi connectivity index (χ0n) is 16.1. The molecule has 2 N–H and O–H groups in total. The molecule has 1 saturated heterocycles. The third-order valence-electron chi connectivity index (χ3n) is 5.52. The second kappa shape index (κ2) is 8.49. The van der Waals surface area contributed by atoms with Crippen molar-refractivity contribution in [3.05, 3.63) is 71.8 Å². The van der Waals surface area contributed by atoms with E-state index >= 15 is 0 Å². The monoisotopic (exact) mass is 417 g/mol. The smallest absolute Gasteiger partial charge is 0.325 e.